The zero-order valence-electron chi connectivity index (χ0n) is 9.63. The Bertz CT molecular complexity index is 587. The summed E-state index contributed by atoms with van der Waals surface area (Å²) < 4.78 is 14.7. The van der Waals surface area contributed by atoms with Crippen LogP contribution in [0.15, 0.2) is 40.9 Å². The molecule has 0 amide bonds. The molecule has 100 valence electrons. The van der Waals surface area contributed by atoms with Crippen molar-refractivity contribution >= 4 is 39.1 Å². The summed E-state index contributed by atoms with van der Waals surface area (Å²) in [6.45, 7) is 0. The molecule has 2 aromatic rings. The fraction of sp³-hybridized carbons (Fsp3) is 0.0769. The van der Waals surface area contributed by atoms with Crippen molar-refractivity contribution in [2.75, 3.05) is 0 Å². The Morgan fingerprint density at radius 2 is 1.74 bits per heavy atom. The number of nitrogens with two attached hydrogens (primary N) is 1. The van der Waals surface area contributed by atoms with Crippen LogP contribution in [0.1, 0.15) is 17.2 Å². The molecular weight excluding hydrogens is 354 g/mol. The van der Waals surface area contributed by atoms with Crippen LogP contribution in [-0.2, 0) is 0 Å². The smallest absolute Gasteiger partial charge is 0.128 e. The molecule has 2 nitrogen and oxygen atoms in total. The zero-order chi connectivity index (χ0) is 14.0. The van der Waals surface area contributed by atoms with Crippen LogP contribution in [0.2, 0.25) is 10.0 Å². The third-order valence-electron chi connectivity index (χ3n) is 2.65. The van der Waals surface area contributed by atoms with E-state index in [1.54, 1.807) is 30.3 Å². The van der Waals surface area contributed by atoms with Crippen LogP contribution >= 0.6 is 39.1 Å². The third-order valence-corrected chi connectivity index (χ3v) is 3.58. The summed E-state index contributed by atoms with van der Waals surface area (Å²) in [6.07, 6.45) is 0. The predicted molar refractivity (Wildman–Crippen MR) is 79.7 cm³/mol. The van der Waals surface area contributed by atoms with Crippen LogP contribution < -0.4 is 11.3 Å². The number of benzene rings is 2. The van der Waals surface area contributed by atoms with Gasteiger partial charge in [-0.25, -0.2) is 9.82 Å². The molecule has 0 spiro atoms. The highest BCUT2D eigenvalue weighted by atomic mass is 79.9. The van der Waals surface area contributed by atoms with E-state index >= 15 is 0 Å². The standard InChI is InChI=1S/C13H10BrCl2FN2/c14-8-1-2-12(17)11(5-8)13(19-18)7-3-9(15)6-10(16)4-7/h1-6,13,19H,18H2. The summed E-state index contributed by atoms with van der Waals surface area (Å²) in [7, 11) is 0. The number of rotatable bonds is 3. The molecule has 2 aromatic carbocycles. The van der Waals surface area contributed by atoms with E-state index < -0.39 is 6.04 Å². The summed E-state index contributed by atoms with van der Waals surface area (Å²) in [5.41, 5.74) is 3.68. The molecule has 0 heterocycles. The molecule has 0 bridgehead atoms. The lowest BCUT2D eigenvalue weighted by molar-refractivity contribution is 0.560. The van der Waals surface area contributed by atoms with Crippen molar-refractivity contribution in [1.82, 2.24) is 5.43 Å². The second-order valence-electron chi connectivity index (χ2n) is 3.97. The van der Waals surface area contributed by atoms with Crippen molar-refractivity contribution in [3.05, 3.63) is 67.9 Å². The van der Waals surface area contributed by atoms with Gasteiger partial charge in [0.1, 0.15) is 5.82 Å². The highest BCUT2D eigenvalue weighted by molar-refractivity contribution is 9.10. The first kappa shape index (κ1) is 14.8. The van der Waals surface area contributed by atoms with Crippen molar-refractivity contribution in [1.29, 1.82) is 0 Å². The fourth-order valence-electron chi connectivity index (χ4n) is 1.84. The molecule has 0 fully saturated rings. The minimum absolute atomic E-state index is 0.359. The van der Waals surface area contributed by atoms with E-state index in [0.717, 1.165) is 4.47 Å². The second-order valence-corrected chi connectivity index (χ2v) is 5.76. The first-order valence-corrected chi connectivity index (χ1v) is 6.93. The Balaban J connectivity index is 2.52. The maximum absolute atomic E-state index is 13.9. The van der Waals surface area contributed by atoms with E-state index in [1.807, 2.05) is 0 Å². The number of hydrogen-bond acceptors (Lipinski definition) is 2. The number of nitrogens with one attached hydrogen (secondary N) is 1. The van der Waals surface area contributed by atoms with Gasteiger partial charge in [0.2, 0.25) is 0 Å². The van der Waals surface area contributed by atoms with Crippen molar-refractivity contribution in [3.63, 3.8) is 0 Å². The van der Waals surface area contributed by atoms with Crippen LogP contribution in [0.4, 0.5) is 4.39 Å². The lowest BCUT2D eigenvalue weighted by atomic mass is 9.99. The zero-order valence-corrected chi connectivity index (χ0v) is 12.7. The molecule has 0 aliphatic carbocycles. The molecule has 2 rings (SSSR count). The first-order valence-electron chi connectivity index (χ1n) is 5.38. The monoisotopic (exact) mass is 362 g/mol. The van der Waals surface area contributed by atoms with Crippen LogP contribution in [0.25, 0.3) is 0 Å². The van der Waals surface area contributed by atoms with Crippen molar-refractivity contribution in [2.24, 2.45) is 5.84 Å². The Morgan fingerprint density at radius 3 is 2.32 bits per heavy atom. The van der Waals surface area contributed by atoms with Gasteiger partial charge in [-0.3, -0.25) is 5.84 Å². The molecular formula is C13H10BrCl2FN2. The molecule has 0 saturated carbocycles. The molecule has 0 saturated heterocycles. The van der Waals surface area contributed by atoms with E-state index in [2.05, 4.69) is 21.4 Å². The maximum Gasteiger partial charge on any atom is 0.128 e. The number of hydrogen-bond donors (Lipinski definition) is 2. The minimum atomic E-state index is -0.534. The van der Waals surface area contributed by atoms with Gasteiger partial charge in [-0.1, -0.05) is 39.1 Å². The predicted octanol–water partition coefficient (Wildman–Crippen LogP) is 4.45. The SMILES string of the molecule is NNC(c1cc(Cl)cc(Cl)c1)c1cc(Br)ccc1F. The van der Waals surface area contributed by atoms with Gasteiger partial charge in [0.15, 0.2) is 0 Å². The molecule has 0 aromatic heterocycles. The topological polar surface area (TPSA) is 38.0 Å². The van der Waals surface area contributed by atoms with Gasteiger partial charge in [-0.05, 0) is 42.0 Å². The fourth-order valence-corrected chi connectivity index (χ4v) is 2.76. The van der Waals surface area contributed by atoms with Crippen LogP contribution in [0.3, 0.4) is 0 Å². The average Bonchev–Trinajstić information content (AvgIpc) is 2.33. The Labute approximate surface area is 128 Å². The van der Waals surface area contributed by atoms with Gasteiger partial charge in [0.05, 0.1) is 6.04 Å². The van der Waals surface area contributed by atoms with Gasteiger partial charge in [0.25, 0.3) is 0 Å². The van der Waals surface area contributed by atoms with Gasteiger partial charge in [-0.2, -0.15) is 0 Å². The van der Waals surface area contributed by atoms with E-state index in [9.17, 15) is 4.39 Å². The summed E-state index contributed by atoms with van der Waals surface area (Å²) in [4.78, 5) is 0. The van der Waals surface area contributed by atoms with Gasteiger partial charge < -0.3 is 0 Å². The van der Waals surface area contributed by atoms with E-state index in [0.29, 0.717) is 21.2 Å². The highest BCUT2D eigenvalue weighted by Gasteiger charge is 2.18. The quantitative estimate of drug-likeness (QED) is 0.624. The van der Waals surface area contributed by atoms with Gasteiger partial charge >= 0.3 is 0 Å². The summed E-state index contributed by atoms with van der Waals surface area (Å²) in [6, 6.07) is 9.12. The largest absolute Gasteiger partial charge is 0.271 e. The Morgan fingerprint density at radius 1 is 1.11 bits per heavy atom. The van der Waals surface area contributed by atoms with Gasteiger partial charge in [-0.15, -0.1) is 0 Å². The third kappa shape index (κ3) is 3.46. The molecule has 6 heteroatoms. The van der Waals surface area contributed by atoms with Crippen molar-refractivity contribution in [2.45, 2.75) is 6.04 Å². The number of halogens is 4. The van der Waals surface area contributed by atoms with E-state index in [4.69, 9.17) is 29.0 Å². The van der Waals surface area contributed by atoms with Crippen molar-refractivity contribution < 1.29 is 4.39 Å². The minimum Gasteiger partial charge on any atom is -0.271 e. The Hall–Kier alpha value is -0.650. The van der Waals surface area contributed by atoms with Crippen LogP contribution in [-0.4, -0.2) is 0 Å². The van der Waals surface area contributed by atoms with Crippen LogP contribution in [0, 0.1) is 5.82 Å². The molecule has 1 atom stereocenters. The molecule has 0 aliphatic rings. The van der Waals surface area contributed by atoms with E-state index in [-0.39, 0.29) is 5.82 Å². The number of hydrazine groups is 1. The normalized spacial score (nSPS) is 12.5. The molecule has 0 aliphatic heterocycles. The maximum atomic E-state index is 13.9. The van der Waals surface area contributed by atoms with Gasteiger partial charge in [0, 0.05) is 20.1 Å². The second kappa shape index (κ2) is 6.20. The summed E-state index contributed by atoms with van der Waals surface area (Å²) in [5, 5.41) is 0.941. The first-order chi connectivity index (χ1) is 9.01. The average molecular weight is 364 g/mol. The lowest BCUT2D eigenvalue weighted by Crippen LogP contribution is -2.29. The summed E-state index contributed by atoms with van der Waals surface area (Å²) in [5.74, 6) is 5.18. The highest BCUT2D eigenvalue weighted by Crippen LogP contribution is 2.30. The molecule has 0 radical (unpaired) electrons. The van der Waals surface area contributed by atoms with Crippen LogP contribution in [0.5, 0.6) is 0 Å². The van der Waals surface area contributed by atoms with Crippen molar-refractivity contribution in [3.8, 4) is 0 Å². The Kier molecular flexibility index (Phi) is 4.81. The molecule has 1 unspecified atom stereocenters. The summed E-state index contributed by atoms with van der Waals surface area (Å²) >= 11 is 15.2. The molecule has 19 heavy (non-hydrogen) atoms. The lowest BCUT2D eigenvalue weighted by Gasteiger charge is -2.18. The molecule has 3 N–H and O–H groups in total. The van der Waals surface area contributed by atoms with E-state index in [1.165, 1.54) is 6.07 Å².